The van der Waals surface area contributed by atoms with Crippen LogP contribution in [0, 0.1) is 0 Å². The highest BCUT2D eigenvalue weighted by Crippen LogP contribution is 2.08. The Balaban J connectivity index is 2.60. The molecule has 1 aromatic heterocycles. The summed E-state index contributed by atoms with van der Waals surface area (Å²) >= 11 is 0. The topological polar surface area (TPSA) is 77.1 Å². The average molecular weight is 243 g/mol. The molecule has 2 atom stereocenters. The Kier molecular flexibility index (Phi) is 4.12. The first-order chi connectivity index (χ1) is 7.41. The fourth-order valence-corrected chi connectivity index (χ4v) is 1.58. The van der Waals surface area contributed by atoms with Gasteiger partial charge in [-0.3, -0.25) is 9.00 Å². The maximum atomic E-state index is 11.7. The van der Waals surface area contributed by atoms with Crippen molar-refractivity contribution in [3.05, 3.63) is 18.0 Å². The Morgan fingerprint density at radius 1 is 1.69 bits per heavy atom. The molecule has 1 rings (SSSR count). The van der Waals surface area contributed by atoms with Crippen molar-refractivity contribution >= 4 is 22.4 Å². The number of nitrogen functional groups attached to an aromatic ring is 1. The molecule has 16 heavy (non-hydrogen) atoms. The molecule has 0 aliphatic carbocycles. The van der Waals surface area contributed by atoms with Crippen LogP contribution in [0.5, 0.6) is 0 Å². The summed E-state index contributed by atoms with van der Waals surface area (Å²) in [6.45, 7) is 2.22. The first-order valence-corrected chi connectivity index (χ1v) is 6.56. The molecule has 0 bridgehead atoms. The van der Waals surface area contributed by atoms with E-state index in [9.17, 15) is 9.00 Å². The molecule has 0 spiro atoms. The minimum Gasteiger partial charge on any atom is -0.397 e. The number of amides is 1. The molecular formula is C10H17N3O2S. The van der Waals surface area contributed by atoms with Crippen LogP contribution < -0.4 is 11.1 Å². The van der Waals surface area contributed by atoms with E-state index in [1.54, 1.807) is 30.1 Å². The zero-order valence-electron chi connectivity index (χ0n) is 9.69. The van der Waals surface area contributed by atoms with Crippen LogP contribution in [0.1, 0.15) is 17.4 Å². The maximum Gasteiger partial charge on any atom is 0.268 e. The smallest absolute Gasteiger partial charge is 0.268 e. The lowest BCUT2D eigenvalue weighted by molar-refractivity contribution is 0.0946. The third kappa shape index (κ3) is 3.10. The van der Waals surface area contributed by atoms with Gasteiger partial charge in [-0.05, 0) is 13.0 Å². The highest BCUT2D eigenvalue weighted by molar-refractivity contribution is 7.84. The van der Waals surface area contributed by atoms with Crippen molar-refractivity contribution in [2.24, 2.45) is 7.05 Å². The van der Waals surface area contributed by atoms with E-state index < -0.39 is 10.8 Å². The van der Waals surface area contributed by atoms with Gasteiger partial charge in [0.2, 0.25) is 0 Å². The number of nitrogens with two attached hydrogens (primary N) is 1. The molecule has 0 radical (unpaired) electrons. The fraction of sp³-hybridized carbons (Fsp3) is 0.500. The number of nitrogens with one attached hydrogen (secondary N) is 1. The van der Waals surface area contributed by atoms with E-state index in [0.29, 0.717) is 17.9 Å². The van der Waals surface area contributed by atoms with Gasteiger partial charge in [0.15, 0.2) is 0 Å². The maximum absolute atomic E-state index is 11.7. The van der Waals surface area contributed by atoms with Crippen molar-refractivity contribution in [2.75, 3.05) is 18.5 Å². The second kappa shape index (κ2) is 5.16. The van der Waals surface area contributed by atoms with Crippen molar-refractivity contribution in [3.8, 4) is 0 Å². The lowest BCUT2D eigenvalue weighted by Crippen LogP contribution is -2.33. The van der Waals surface area contributed by atoms with Gasteiger partial charge >= 0.3 is 0 Å². The minimum atomic E-state index is -0.929. The van der Waals surface area contributed by atoms with Crippen LogP contribution in [0.15, 0.2) is 12.3 Å². The van der Waals surface area contributed by atoms with Crippen molar-refractivity contribution in [3.63, 3.8) is 0 Å². The molecule has 2 unspecified atom stereocenters. The monoisotopic (exact) mass is 243 g/mol. The van der Waals surface area contributed by atoms with Crippen molar-refractivity contribution < 1.29 is 9.00 Å². The standard InChI is InChI=1S/C10H17N3O2S/c1-7(16(3)15)5-12-10(14)9-4-8(11)6-13(9)2/h4,6-7H,5,11H2,1-3H3,(H,12,14). The summed E-state index contributed by atoms with van der Waals surface area (Å²) in [5.41, 5.74) is 6.63. The Morgan fingerprint density at radius 3 is 2.75 bits per heavy atom. The molecule has 0 aromatic carbocycles. The molecule has 0 saturated heterocycles. The van der Waals surface area contributed by atoms with Gasteiger partial charge in [0.05, 0.1) is 5.69 Å². The Labute approximate surface area is 97.5 Å². The van der Waals surface area contributed by atoms with Gasteiger partial charge in [0.25, 0.3) is 5.91 Å². The van der Waals surface area contributed by atoms with Gasteiger partial charge in [-0.15, -0.1) is 0 Å². The molecule has 1 amide bonds. The average Bonchev–Trinajstić information content (AvgIpc) is 2.53. The summed E-state index contributed by atoms with van der Waals surface area (Å²) in [4.78, 5) is 11.7. The van der Waals surface area contributed by atoms with E-state index in [4.69, 9.17) is 5.73 Å². The largest absolute Gasteiger partial charge is 0.397 e. The van der Waals surface area contributed by atoms with Gasteiger partial charge < -0.3 is 15.6 Å². The number of hydrogen-bond acceptors (Lipinski definition) is 3. The second-order valence-electron chi connectivity index (χ2n) is 3.79. The summed E-state index contributed by atoms with van der Waals surface area (Å²) in [7, 11) is 0.827. The van der Waals surface area contributed by atoms with Gasteiger partial charge in [-0.25, -0.2) is 0 Å². The number of carbonyl (C=O) groups is 1. The van der Waals surface area contributed by atoms with Crippen LogP contribution >= 0.6 is 0 Å². The Morgan fingerprint density at radius 2 is 2.31 bits per heavy atom. The molecule has 0 saturated carbocycles. The number of carbonyl (C=O) groups excluding carboxylic acids is 1. The van der Waals surface area contributed by atoms with E-state index in [1.807, 2.05) is 6.92 Å². The van der Waals surface area contributed by atoms with Crippen LogP contribution in [-0.2, 0) is 17.8 Å². The zero-order chi connectivity index (χ0) is 12.3. The molecular weight excluding hydrogens is 226 g/mol. The lowest BCUT2D eigenvalue weighted by atomic mass is 10.3. The lowest BCUT2D eigenvalue weighted by Gasteiger charge is -2.10. The number of rotatable bonds is 4. The number of nitrogens with zero attached hydrogens (tertiary/aromatic N) is 1. The minimum absolute atomic E-state index is 0.0541. The first-order valence-electron chi connectivity index (χ1n) is 4.94. The van der Waals surface area contributed by atoms with Crippen LogP contribution in [0.4, 0.5) is 5.69 Å². The molecule has 5 nitrogen and oxygen atoms in total. The molecule has 1 aromatic rings. The molecule has 0 aliphatic rings. The predicted molar refractivity (Wildman–Crippen MR) is 65.7 cm³/mol. The fourth-order valence-electron chi connectivity index (χ4n) is 1.26. The zero-order valence-corrected chi connectivity index (χ0v) is 10.5. The third-order valence-electron chi connectivity index (χ3n) is 2.38. The van der Waals surface area contributed by atoms with Crippen LogP contribution in [0.2, 0.25) is 0 Å². The van der Waals surface area contributed by atoms with E-state index in [1.165, 1.54) is 0 Å². The number of hydrogen-bond donors (Lipinski definition) is 2. The third-order valence-corrected chi connectivity index (χ3v) is 3.68. The molecule has 0 fully saturated rings. The molecule has 1 heterocycles. The molecule has 90 valence electrons. The van der Waals surface area contributed by atoms with Gasteiger partial charge in [0.1, 0.15) is 5.69 Å². The van der Waals surface area contributed by atoms with E-state index >= 15 is 0 Å². The number of aryl methyl sites for hydroxylation is 1. The number of aromatic nitrogens is 1. The highest BCUT2D eigenvalue weighted by Gasteiger charge is 2.13. The second-order valence-corrected chi connectivity index (χ2v) is 5.59. The van der Waals surface area contributed by atoms with E-state index in [2.05, 4.69) is 5.32 Å². The predicted octanol–water partition coefficient (Wildman–Crippen LogP) is 0.104. The van der Waals surface area contributed by atoms with Crippen LogP contribution in [0.25, 0.3) is 0 Å². The summed E-state index contributed by atoms with van der Waals surface area (Å²) in [6, 6.07) is 1.61. The Bertz CT molecular complexity index is 414. The summed E-state index contributed by atoms with van der Waals surface area (Å²) in [5.74, 6) is -0.198. The van der Waals surface area contributed by atoms with Crippen LogP contribution in [0.3, 0.4) is 0 Å². The first kappa shape index (κ1) is 12.8. The van der Waals surface area contributed by atoms with Crippen molar-refractivity contribution in [2.45, 2.75) is 12.2 Å². The molecule has 6 heteroatoms. The highest BCUT2D eigenvalue weighted by atomic mass is 32.2. The summed E-state index contributed by atoms with van der Waals surface area (Å²) < 4.78 is 12.8. The summed E-state index contributed by atoms with van der Waals surface area (Å²) in [6.07, 6.45) is 3.30. The molecule has 3 N–H and O–H groups in total. The quantitative estimate of drug-likeness (QED) is 0.787. The summed E-state index contributed by atoms with van der Waals surface area (Å²) in [5, 5.41) is 2.67. The Hall–Kier alpha value is -1.30. The van der Waals surface area contributed by atoms with E-state index in [0.717, 1.165) is 0 Å². The van der Waals surface area contributed by atoms with Gasteiger partial charge in [-0.1, -0.05) is 0 Å². The molecule has 0 aliphatic heterocycles. The normalized spacial score (nSPS) is 14.4. The van der Waals surface area contributed by atoms with Crippen molar-refractivity contribution in [1.29, 1.82) is 0 Å². The van der Waals surface area contributed by atoms with Gasteiger partial charge in [-0.2, -0.15) is 0 Å². The van der Waals surface area contributed by atoms with Crippen LogP contribution in [-0.4, -0.2) is 32.7 Å². The van der Waals surface area contributed by atoms with Crippen molar-refractivity contribution in [1.82, 2.24) is 9.88 Å². The SMILES string of the molecule is CC(CNC(=O)c1cc(N)cn1C)S(C)=O. The van der Waals surface area contributed by atoms with Gasteiger partial charge in [0, 0.05) is 42.1 Å². The number of anilines is 1. The van der Waals surface area contributed by atoms with E-state index in [-0.39, 0.29) is 11.2 Å².